The number of H-pyrrole nitrogens is 1. The Morgan fingerprint density at radius 3 is 3.00 bits per heavy atom. The van der Waals surface area contributed by atoms with Crippen molar-refractivity contribution in [3.8, 4) is 0 Å². The van der Waals surface area contributed by atoms with Gasteiger partial charge in [-0.15, -0.1) is 0 Å². The summed E-state index contributed by atoms with van der Waals surface area (Å²) in [6, 6.07) is 0.529. The van der Waals surface area contributed by atoms with Crippen LogP contribution in [0.25, 0.3) is 11.0 Å². The molecule has 2 aromatic heterocycles. The monoisotopic (exact) mass is 480 g/mol. The van der Waals surface area contributed by atoms with E-state index in [4.69, 9.17) is 21.6 Å². The van der Waals surface area contributed by atoms with E-state index in [0.717, 1.165) is 81.4 Å². The molecule has 172 valence electrons. The van der Waals surface area contributed by atoms with Gasteiger partial charge in [0.15, 0.2) is 5.16 Å². The largest absolute Gasteiger partial charge is 0.354 e. The molecule has 2 N–H and O–H groups in total. The number of hydrogen-bond donors (Lipinski definition) is 2. The fourth-order valence-corrected chi connectivity index (χ4v) is 6.01. The first-order chi connectivity index (χ1) is 16.1. The number of fused-ring (bicyclic) bond motifs is 2. The number of thioether (sulfide) groups is 1. The van der Waals surface area contributed by atoms with Crippen LogP contribution >= 0.6 is 23.4 Å². The predicted octanol–water partition coefficient (Wildman–Crippen LogP) is 5.44. The van der Waals surface area contributed by atoms with Gasteiger partial charge in [-0.1, -0.05) is 43.3 Å². The average Bonchev–Trinajstić information content (AvgIpc) is 3.46. The zero-order valence-electron chi connectivity index (χ0n) is 19.1. The van der Waals surface area contributed by atoms with Crippen molar-refractivity contribution in [2.24, 2.45) is 10.9 Å². The molecule has 8 heteroatoms. The summed E-state index contributed by atoms with van der Waals surface area (Å²) in [5.41, 5.74) is 3.90. The molecule has 2 saturated heterocycles. The fraction of sp³-hybridized carbons (Fsp3) is 0.400. The highest BCUT2D eigenvalue weighted by Crippen LogP contribution is 2.39. The first-order valence-corrected chi connectivity index (χ1v) is 12.7. The van der Waals surface area contributed by atoms with Crippen LogP contribution in [0.5, 0.6) is 0 Å². The lowest BCUT2D eigenvalue weighted by atomic mass is 10.1. The Morgan fingerprint density at radius 2 is 2.21 bits per heavy atom. The maximum atomic E-state index is 6.80. The number of aromatic nitrogens is 3. The van der Waals surface area contributed by atoms with Crippen LogP contribution in [0.3, 0.4) is 0 Å². The third-order valence-electron chi connectivity index (χ3n) is 6.59. The summed E-state index contributed by atoms with van der Waals surface area (Å²) in [7, 11) is 0. The van der Waals surface area contributed by atoms with E-state index in [1.54, 1.807) is 24.1 Å². The van der Waals surface area contributed by atoms with Crippen molar-refractivity contribution in [2.75, 3.05) is 24.5 Å². The number of aryl methyl sites for hydroxylation is 1. The van der Waals surface area contributed by atoms with Gasteiger partial charge in [0.2, 0.25) is 0 Å². The SMILES string of the molecule is C=CC=NC1=CC(Sc2nc(N3CC4CCNC4C3)c3c(Cl)c(CC)[nH]c3n2)=CCC=C1C. The van der Waals surface area contributed by atoms with Crippen molar-refractivity contribution >= 4 is 46.4 Å². The second-order valence-electron chi connectivity index (χ2n) is 8.71. The van der Waals surface area contributed by atoms with Crippen LogP contribution in [-0.2, 0) is 6.42 Å². The molecule has 2 atom stereocenters. The van der Waals surface area contributed by atoms with E-state index < -0.39 is 0 Å². The summed E-state index contributed by atoms with van der Waals surface area (Å²) >= 11 is 8.37. The van der Waals surface area contributed by atoms with Gasteiger partial charge in [0.25, 0.3) is 0 Å². The Morgan fingerprint density at radius 1 is 1.33 bits per heavy atom. The van der Waals surface area contributed by atoms with Crippen molar-refractivity contribution in [2.45, 2.75) is 44.3 Å². The molecule has 33 heavy (non-hydrogen) atoms. The molecule has 0 saturated carbocycles. The van der Waals surface area contributed by atoms with E-state index in [2.05, 4.69) is 58.8 Å². The van der Waals surface area contributed by atoms with E-state index in [1.165, 1.54) is 6.42 Å². The number of aliphatic imine (C=N–C) groups is 1. The zero-order valence-corrected chi connectivity index (χ0v) is 20.6. The minimum absolute atomic E-state index is 0.529. The second kappa shape index (κ2) is 9.49. The molecule has 6 nitrogen and oxygen atoms in total. The standard InChI is InChI=1S/C25H29ClN6S/c1-4-10-27-19-12-17(8-6-7-15(19)3)33-25-30-23-21(22(26)18(5-2)29-23)24(31-25)32-13-16-9-11-28-20(16)14-32/h4,7-8,10,12,16,20,28H,1,5-6,9,11,13-14H2,2-3H3,(H,29,30,31). The lowest BCUT2D eigenvalue weighted by molar-refractivity contribution is 0.556. The van der Waals surface area contributed by atoms with Crippen LogP contribution in [0, 0.1) is 5.92 Å². The molecule has 0 spiro atoms. The Kier molecular flexibility index (Phi) is 6.45. The van der Waals surface area contributed by atoms with E-state index in [1.807, 2.05) is 0 Å². The smallest absolute Gasteiger partial charge is 0.196 e. The number of allylic oxidation sites excluding steroid dienone is 5. The van der Waals surface area contributed by atoms with Gasteiger partial charge in [0.1, 0.15) is 11.5 Å². The number of hydrogen-bond acceptors (Lipinski definition) is 6. The number of nitrogens with one attached hydrogen (secondary N) is 2. The van der Waals surface area contributed by atoms with Crippen molar-refractivity contribution in [3.63, 3.8) is 0 Å². The van der Waals surface area contributed by atoms with E-state index in [-0.39, 0.29) is 0 Å². The molecule has 3 aliphatic rings. The van der Waals surface area contributed by atoms with Gasteiger partial charge in [-0.2, -0.15) is 0 Å². The first kappa shape index (κ1) is 22.4. The van der Waals surface area contributed by atoms with Crippen LogP contribution in [0.1, 0.15) is 32.4 Å². The van der Waals surface area contributed by atoms with Gasteiger partial charge in [-0.3, -0.25) is 4.99 Å². The van der Waals surface area contributed by atoms with Crippen molar-refractivity contribution in [1.29, 1.82) is 0 Å². The highest BCUT2D eigenvalue weighted by atomic mass is 35.5. The molecule has 0 aromatic carbocycles. The zero-order chi connectivity index (χ0) is 22.9. The average molecular weight is 481 g/mol. The van der Waals surface area contributed by atoms with Crippen LogP contribution in [0.4, 0.5) is 5.82 Å². The Balaban J connectivity index is 1.52. The summed E-state index contributed by atoms with van der Waals surface area (Å²) in [4.78, 5) is 21.4. The quantitative estimate of drug-likeness (QED) is 0.425. The molecular formula is C25H29ClN6S. The Bertz CT molecular complexity index is 1200. The topological polar surface area (TPSA) is 69.2 Å². The van der Waals surface area contributed by atoms with Crippen molar-refractivity contribution in [1.82, 2.24) is 20.3 Å². The molecule has 0 amide bonds. The van der Waals surface area contributed by atoms with Gasteiger partial charge in [-0.05, 0) is 62.1 Å². The molecular weight excluding hydrogens is 452 g/mol. The lowest BCUT2D eigenvalue weighted by Crippen LogP contribution is -2.30. The third-order valence-corrected chi connectivity index (χ3v) is 7.90. The maximum Gasteiger partial charge on any atom is 0.196 e. The van der Waals surface area contributed by atoms with Gasteiger partial charge >= 0.3 is 0 Å². The molecule has 2 aromatic rings. The normalized spacial score (nSPS) is 23.0. The van der Waals surface area contributed by atoms with Gasteiger partial charge < -0.3 is 15.2 Å². The summed E-state index contributed by atoms with van der Waals surface area (Å²) in [6.45, 7) is 11.0. The number of nitrogens with zero attached hydrogens (tertiary/aromatic N) is 4. The van der Waals surface area contributed by atoms with Crippen LogP contribution in [-0.4, -0.2) is 46.8 Å². The Hall–Kier alpha value is -2.35. The highest BCUT2D eigenvalue weighted by Gasteiger charge is 2.37. The third kappa shape index (κ3) is 4.42. The maximum absolute atomic E-state index is 6.80. The second-order valence-corrected chi connectivity index (χ2v) is 10.1. The first-order valence-electron chi connectivity index (χ1n) is 11.6. The van der Waals surface area contributed by atoms with E-state index in [9.17, 15) is 0 Å². The van der Waals surface area contributed by atoms with Gasteiger partial charge in [0, 0.05) is 35.9 Å². The highest BCUT2D eigenvalue weighted by molar-refractivity contribution is 8.03. The van der Waals surface area contributed by atoms with Crippen LogP contribution in [0.15, 0.2) is 57.2 Å². The molecule has 1 aliphatic carbocycles. The van der Waals surface area contributed by atoms with Crippen LogP contribution < -0.4 is 10.2 Å². The molecule has 4 heterocycles. The number of halogens is 1. The molecule has 2 unspecified atom stereocenters. The minimum atomic E-state index is 0.529. The van der Waals surface area contributed by atoms with Crippen LogP contribution in [0.2, 0.25) is 5.02 Å². The number of aromatic amines is 1. The molecule has 2 fully saturated rings. The number of rotatable bonds is 6. The summed E-state index contributed by atoms with van der Waals surface area (Å²) in [6.07, 6.45) is 12.8. The molecule has 0 radical (unpaired) electrons. The van der Waals surface area contributed by atoms with Gasteiger partial charge in [0.05, 0.1) is 16.1 Å². The summed E-state index contributed by atoms with van der Waals surface area (Å²) in [5.74, 6) is 1.61. The van der Waals surface area contributed by atoms with Crippen molar-refractivity contribution in [3.05, 3.63) is 57.8 Å². The Labute approximate surface area is 204 Å². The summed E-state index contributed by atoms with van der Waals surface area (Å²) < 4.78 is 0. The summed E-state index contributed by atoms with van der Waals surface area (Å²) in [5, 5.41) is 6.05. The van der Waals surface area contributed by atoms with Gasteiger partial charge in [-0.25, -0.2) is 9.97 Å². The molecule has 5 rings (SSSR count). The van der Waals surface area contributed by atoms with E-state index in [0.29, 0.717) is 12.0 Å². The lowest BCUT2D eigenvalue weighted by Gasteiger charge is -2.20. The fourth-order valence-electron chi connectivity index (χ4n) is 4.82. The van der Waals surface area contributed by atoms with Crippen molar-refractivity contribution < 1.29 is 0 Å². The predicted molar refractivity (Wildman–Crippen MR) is 139 cm³/mol. The van der Waals surface area contributed by atoms with E-state index >= 15 is 0 Å². The molecule has 2 aliphatic heterocycles. The minimum Gasteiger partial charge on any atom is -0.354 e. The number of anilines is 1. The molecule has 0 bridgehead atoms.